The summed E-state index contributed by atoms with van der Waals surface area (Å²) >= 11 is 1.53. The number of carbonyl (C=O) groups is 3. The van der Waals surface area contributed by atoms with Crippen LogP contribution in [0.4, 0.5) is 0 Å². The van der Waals surface area contributed by atoms with E-state index in [-0.39, 0.29) is 17.3 Å². The van der Waals surface area contributed by atoms with Crippen LogP contribution in [0, 0.1) is 13.8 Å². The summed E-state index contributed by atoms with van der Waals surface area (Å²) in [5.74, 6) is -0.944. The van der Waals surface area contributed by atoms with Gasteiger partial charge in [-0.2, -0.15) is 0 Å². The Balaban J connectivity index is 0.00000205. The van der Waals surface area contributed by atoms with Crippen molar-refractivity contribution in [3.63, 3.8) is 0 Å². The van der Waals surface area contributed by atoms with Crippen molar-refractivity contribution in [2.24, 2.45) is 5.16 Å². The van der Waals surface area contributed by atoms with Crippen molar-refractivity contribution in [1.29, 1.82) is 0 Å². The Hall–Kier alpha value is -4.33. The van der Waals surface area contributed by atoms with E-state index >= 15 is 0 Å². The molecule has 39 heavy (non-hydrogen) atoms. The first-order valence-electron chi connectivity index (χ1n) is 12.1. The number of aliphatic hydroxyl groups excluding tert-OH is 1. The standard InChI is InChI=1S/C31H25NO4S.CH4O/c1-20-8-4-6-10-27(20)29(32-36-22(3)33)31(35)24-14-18-26(19-15-24)37-25-16-12-23(13-17-25)30(34)28-11-7-5-9-21(28)2;1-2/h4-19H,1-3H3;2H,1H3/b32-29-;. The molecule has 4 aromatic carbocycles. The molecular formula is C32H29NO5S. The molecule has 0 aliphatic carbocycles. The van der Waals surface area contributed by atoms with Crippen molar-refractivity contribution in [2.45, 2.75) is 30.6 Å². The molecule has 0 saturated heterocycles. The van der Waals surface area contributed by atoms with Crippen LogP contribution >= 0.6 is 11.8 Å². The second-order valence-corrected chi connectivity index (χ2v) is 9.61. The Labute approximate surface area is 232 Å². The van der Waals surface area contributed by atoms with Gasteiger partial charge in [0.15, 0.2) is 11.5 Å². The highest BCUT2D eigenvalue weighted by Gasteiger charge is 2.20. The topological polar surface area (TPSA) is 93.0 Å². The summed E-state index contributed by atoms with van der Waals surface area (Å²) in [5, 5.41) is 10.9. The zero-order valence-corrected chi connectivity index (χ0v) is 23.0. The fourth-order valence-corrected chi connectivity index (χ4v) is 4.58. The molecule has 4 rings (SSSR count). The third-order valence-corrected chi connectivity index (χ3v) is 6.75. The first-order chi connectivity index (χ1) is 18.8. The second-order valence-electron chi connectivity index (χ2n) is 8.46. The van der Waals surface area contributed by atoms with Crippen molar-refractivity contribution in [3.05, 3.63) is 130 Å². The zero-order valence-electron chi connectivity index (χ0n) is 22.2. The van der Waals surface area contributed by atoms with Gasteiger partial charge in [-0.25, -0.2) is 4.79 Å². The van der Waals surface area contributed by atoms with Gasteiger partial charge in [0, 0.05) is 46.1 Å². The third-order valence-electron chi connectivity index (χ3n) is 5.74. The Bertz CT molecular complexity index is 1490. The SMILES string of the molecule is CC(=O)O/N=C(\C(=O)c1ccc(Sc2ccc(C(=O)c3ccccc3C)cc2)cc1)c1ccccc1C.CO. The molecule has 0 aliphatic rings. The van der Waals surface area contributed by atoms with Crippen LogP contribution in [0.25, 0.3) is 0 Å². The number of benzene rings is 4. The quantitative estimate of drug-likeness (QED) is 0.120. The Kier molecular flexibility index (Phi) is 10.5. The van der Waals surface area contributed by atoms with Gasteiger partial charge in [0.1, 0.15) is 0 Å². The maximum absolute atomic E-state index is 13.3. The monoisotopic (exact) mass is 539 g/mol. The number of Topliss-reactive ketones (excluding diaryl/α,β-unsaturated/α-hetero) is 1. The van der Waals surface area contributed by atoms with Crippen molar-refractivity contribution in [2.75, 3.05) is 7.11 Å². The molecule has 0 radical (unpaired) electrons. The first-order valence-corrected chi connectivity index (χ1v) is 12.9. The minimum atomic E-state index is -0.600. The van der Waals surface area contributed by atoms with Crippen molar-refractivity contribution >= 4 is 35.0 Å². The fourth-order valence-electron chi connectivity index (χ4n) is 3.77. The molecule has 0 aliphatic heterocycles. The number of ketones is 2. The average molecular weight is 540 g/mol. The van der Waals surface area contributed by atoms with Crippen LogP contribution in [0.1, 0.15) is 49.9 Å². The minimum Gasteiger partial charge on any atom is -0.400 e. The van der Waals surface area contributed by atoms with E-state index in [0.717, 1.165) is 28.0 Å². The summed E-state index contributed by atoms with van der Waals surface area (Å²) in [6.45, 7) is 5.03. The normalized spacial score (nSPS) is 10.7. The van der Waals surface area contributed by atoms with Gasteiger partial charge in [0.2, 0.25) is 5.78 Å². The van der Waals surface area contributed by atoms with Crippen LogP contribution < -0.4 is 0 Å². The molecule has 0 spiro atoms. The minimum absolute atomic E-state index is 0.00242. The van der Waals surface area contributed by atoms with E-state index in [1.165, 1.54) is 18.7 Å². The lowest BCUT2D eigenvalue weighted by Crippen LogP contribution is -2.18. The number of carbonyl (C=O) groups excluding carboxylic acids is 3. The number of oxime groups is 1. The first kappa shape index (κ1) is 29.2. The van der Waals surface area contributed by atoms with Gasteiger partial charge < -0.3 is 9.94 Å². The highest BCUT2D eigenvalue weighted by atomic mass is 32.2. The lowest BCUT2D eigenvalue weighted by atomic mass is 9.97. The molecule has 0 unspecified atom stereocenters. The van der Waals surface area contributed by atoms with Gasteiger partial charge in [0.25, 0.3) is 0 Å². The molecule has 0 heterocycles. The lowest BCUT2D eigenvalue weighted by molar-refractivity contribution is -0.140. The predicted octanol–water partition coefficient (Wildman–Crippen LogP) is 6.44. The van der Waals surface area contributed by atoms with Crippen LogP contribution in [0.15, 0.2) is 112 Å². The molecule has 1 N–H and O–H groups in total. The number of rotatable bonds is 8. The summed E-state index contributed by atoms with van der Waals surface area (Å²) in [4.78, 5) is 44.1. The van der Waals surface area contributed by atoms with E-state index in [0.29, 0.717) is 22.3 Å². The van der Waals surface area contributed by atoms with E-state index in [4.69, 9.17) is 9.94 Å². The van der Waals surface area contributed by atoms with Crippen LogP contribution in [0.5, 0.6) is 0 Å². The second kappa shape index (κ2) is 14.0. The van der Waals surface area contributed by atoms with E-state index in [2.05, 4.69) is 5.16 Å². The third kappa shape index (κ3) is 7.60. The Morgan fingerprint density at radius 1 is 0.667 bits per heavy atom. The highest BCUT2D eigenvalue weighted by Crippen LogP contribution is 2.29. The number of nitrogens with zero attached hydrogens (tertiary/aromatic N) is 1. The lowest BCUT2D eigenvalue weighted by Gasteiger charge is -2.09. The number of aryl methyl sites for hydroxylation is 2. The average Bonchev–Trinajstić information content (AvgIpc) is 2.95. The summed E-state index contributed by atoms with van der Waals surface area (Å²) in [6.07, 6.45) is 0. The molecular weight excluding hydrogens is 510 g/mol. The van der Waals surface area contributed by atoms with Crippen LogP contribution in [-0.4, -0.2) is 35.5 Å². The summed E-state index contributed by atoms with van der Waals surface area (Å²) in [7, 11) is 1.00. The van der Waals surface area contributed by atoms with Gasteiger partial charge in [-0.15, -0.1) is 0 Å². The Morgan fingerprint density at radius 2 is 1.13 bits per heavy atom. The molecule has 4 aromatic rings. The molecule has 0 saturated carbocycles. The van der Waals surface area contributed by atoms with Crippen LogP contribution in [0.2, 0.25) is 0 Å². The van der Waals surface area contributed by atoms with Gasteiger partial charge in [-0.3, -0.25) is 9.59 Å². The molecule has 6 nitrogen and oxygen atoms in total. The number of hydrogen-bond donors (Lipinski definition) is 1. The van der Waals surface area contributed by atoms with Gasteiger partial charge >= 0.3 is 5.97 Å². The maximum Gasteiger partial charge on any atom is 0.332 e. The molecule has 0 aromatic heterocycles. The zero-order chi connectivity index (χ0) is 28.4. The maximum atomic E-state index is 13.3. The van der Waals surface area contributed by atoms with Gasteiger partial charge in [-0.1, -0.05) is 65.4 Å². The summed E-state index contributed by atoms with van der Waals surface area (Å²) < 4.78 is 0. The fraction of sp³-hybridized carbons (Fsp3) is 0.125. The number of aliphatic hydroxyl groups is 1. The highest BCUT2D eigenvalue weighted by molar-refractivity contribution is 7.99. The molecule has 7 heteroatoms. The van der Waals surface area contributed by atoms with Crippen molar-refractivity contribution in [3.8, 4) is 0 Å². The molecule has 0 bridgehead atoms. The molecule has 0 amide bonds. The smallest absolute Gasteiger partial charge is 0.332 e. The molecule has 0 fully saturated rings. The summed E-state index contributed by atoms with van der Waals surface area (Å²) in [6, 6.07) is 29.5. The predicted molar refractivity (Wildman–Crippen MR) is 154 cm³/mol. The van der Waals surface area contributed by atoms with Crippen LogP contribution in [-0.2, 0) is 9.63 Å². The molecule has 198 valence electrons. The van der Waals surface area contributed by atoms with E-state index in [1.807, 2.05) is 86.6 Å². The molecule has 0 atom stereocenters. The van der Waals surface area contributed by atoms with Crippen molar-refractivity contribution in [1.82, 2.24) is 0 Å². The van der Waals surface area contributed by atoms with Crippen molar-refractivity contribution < 1.29 is 24.3 Å². The van der Waals surface area contributed by atoms with Gasteiger partial charge in [0.05, 0.1) is 0 Å². The van der Waals surface area contributed by atoms with Gasteiger partial charge in [-0.05, 0) is 73.5 Å². The van der Waals surface area contributed by atoms with E-state index < -0.39 is 5.97 Å². The van der Waals surface area contributed by atoms with E-state index in [1.54, 1.807) is 24.3 Å². The van der Waals surface area contributed by atoms with E-state index in [9.17, 15) is 14.4 Å². The Morgan fingerprint density at radius 3 is 1.62 bits per heavy atom. The largest absolute Gasteiger partial charge is 0.400 e. The number of hydrogen-bond acceptors (Lipinski definition) is 7. The van der Waals surface area contributed by atoms with Crippen LogP contribution in [0.3, 0.4) is 0 Å². The summed E-state index contributed by atoms with van der Waals surface area (Å²) in [5.41, 5.74) is 4.23.